The van der Waals surface area contributed by atoms with Crippen LogP contribution in [0.25, 0.3) is 0 Å². The van der Waals surface area contributed by atoms with E-state index in [4.69, 9.17) is 17.0 Å². The number of benzene rings is 3. The first-order valence-corrected chi connectivity index (χ1v) is 12.7. The Morgan fingerprint density at radius 1 is 0.914 bits per heavy atom. The van der Waals surface area contributed by atoms with E-state index in [1.54, 1.807) is 13.2 Å². The highest BCUT2D eigenvalue weighted by molar-refractivity contribution is 7.80. The molecule has 3 aromatic rings. The first kappa shape index (κ1) is 26.6. The highest BCUT2D eigenvalue weighted by atomic mass is 32.1. The van der Waals surface area contributed by atoms with Crippen LogP contribution in [0.3, 0.4) is 0 Å². The Hall–Kier alpha value is -3.05. The Morgan fingerprint density at radius 2 is 1.60 bits per heavy atom. The molecule has 5 heteroatoms. The third-order valence-corrected chi connectivity index (χ3v) is 6.55. The van der Waals surface area contributed by atoms with Crippen molar-refractivity contribution in [3.63, 3.8) is 0 Å². The number of phenolic OH excluding ortho intramolecular Hbond substituents is 1. The van der Waals surface area contributed by atoms with Crippen molar-refractivity contribution in [3.05, 3.63) is 95.1 Å². The van der Waals surface area contributed by atoms with E-state index >= 15 is 0 Å². The molecule has 35 heavy (non-hydrogen) atoms. The van der Waals surface area contributed by atoms with E-state index in [1.165, 1.54) is 16.7 Å². The largest absolute Gasteiger partial charge is 0.504 e. The molecule has 0 aliphatic carbocycles. The molecule has 3 rings (SSSR count). The van der Waals surface area contributed by atoms with Crippen LogP contribution in [0.5, 0.6) is 11.5 Å². The number of nitrogens with one attached hydrogen (secondary N) is 1. The quantitative estimate of drug-likeness (QED) is 0.329. The number of thiocarbonyl (C=S) groups is 1. The number of aryl methyl sites for hydroxylation is 1. The van der Waals surface area contributed by atoms with Gasteiger partial charge in [-0.3, -0.25) is 0 Å². The van der Waals surface area contributed by atoms with Crippen molar-refractivity contribution in [3.8, 4) is 11.5 Å². The fraction of sp³-hybridized carbons (Fsp3) is 0.367. The Bertz CT molecular complexity index is 1080. The van der Waals surface area contributed by atoms with Crippen LogP contribution in [0, 0.1) is 0 Å². The molecule has 0 heterocycles. The lowest BCUT2D eigenvalue weighted by atomic mass is 9.87. The van der Waals surface area contributed by atoms with Gasteiger partial charge in [0.1, 0.15) is 0 Å². The molecule has 0 aliphatic rings. The summed E-state index contributed by atoms with van der Waals surface area (Å²) in [4.78, 5) is 2.25. The number of methoxy groups -OCH3 is 1. The molecular weight excluding hydrogens is 452 g/mol. The minimum Gasteiger partial charge on any atom is -0.504 e. The Morgan fingerprint density at radius 3 is 2.26 bits per heavy atom. The zero-order valence-corrected chi connectivity index (χ0v) is 22.2. The minimum absolute atomic E-state index is 0.137. The van der Waals surface area contributed by atoms with Gasteiger partial charge in [0.25, 0.3) is 0 Å². The van der Waals surface area contributed by atoms with E-state index in [1.807, 2.05) is 18.2 Å². The van der Waals surface area contributed by atoms with Gasteiger partial charge >= 0.3 is 0 Å². The van der Waals surface area contributed by atoms with Gasteiger partial charge in [-0.2, -0.15) is 0 Å². The Kier molecular flexibility index (Phi) is 9.55. The van der Waals surface area contributed by atoms with Crippen LogP contribution in [0.15, 0.2) is 72.8 Å². The van der Waals surface area contributed by atoms with E-state index in [-0.39, 0.29) is 11.2 Å². The van der Waals surface area contributed by atoms with Crippen molar-refractivity contribution in [2.45, 2.75) is 52.0 Å². The lowest BCUT2D eigenvalue weighted by molar-refractivity contribution is 0.372. The maximum atomic E-state index is 9.86. The summed E-state index contributed by atoms with van der Waals surface area (Å²) in [7, 11) is 1.57. The summed E-state index contributed by atoms with van der Waals surface area (Å²) in [6.45, 7) is 9.11. The third-order valence-electron chi connectivity index (χ3n) is 6.15. The molecule has 2 N–H and O–H groups in total. The lowest BCUT2D eigenvalue weighted by Crippen LogP contribution is -2.40. The molecule has 0 saturated carbocycles. The van der Waals surface area contributed by atoms with Crippen molar-refractivity contribution in [1.29, 1.82) is 0 Å². The molecule has 0 aliphatic heterocycles. The highest BCUT2D eigenvalue weighted by Crippen LogP contribution is 2.27. The summed E-state index contributed by atoms with van der Waals surface area (Å²) in [6.07, 6.45) is 2.75. The summed E-state index contributed by atoms with van der Waals surface area (Å²) < 4.78 is 5.25. The molecule has 0 amide bonds. The van der Waals surface area contributed by atoms with Gasteiger partial charge in [0.2, 0.25) is 0 Å². The highest BCUT2D eigenvalue weighted by Gasteiger charge is 2.15. The van der Waals surface area contributed by atoms with E-state index in [0.29, 0.717) is 5.75 Å². The van der Waals surface area contributed by atoms with E-state index in [2.05, 4.69) is 79.5 Å². The van der Waals surface area contributed by atoms with Gasteiger partial charge in [-0.15, -0.1) is 0 Å². The molecule has 186 valence electrons. The third kappa shape index (κ3) is 8.29. The molecule has 0 saturated heterocycles. The van der Waals surface area contributed by atoms with Crippen molar-refractivity contribution in [1.82, 2.24) is 10.2 Å². The molecule has 4 nitrogen and oxygen atoms in total. The number of aromatic hydroxyl groups is 1. The van der Waals surface area contributed by atoms with Crippen molar-refractivity contribution in [2.75, 3.05) is 20.2 Å². The second-order valence-corrected chi connectivity index (χ2v) is 10.3. The molecule has 0 bridgehead atoms. The number of ether oxygens (including phenoxy) is 1. The number of rotatable bonds is 10. The second kappa shape index (κ2) is 12.6. The molecule has 3 aromatic carbocycles. The average molecular weight is 491 g/mol. The van der Waals surface area contributed by atoms with E-state index in [0.717, 1.165) is 49.6 Å². The molecule has 0 fully saturated rings. The molecule has 0 radical (unpaired) electrons. The van der Waals surface area contributed by atoms with Gasteiger partial charge in [-0.25, -0.2) is 0 Å². The summed E-state index contributed by atoms with van der Waals surface area (Å²) in [5.41, 5.74) is 5.15. The molecule has 0 spiro atoms. The number of hydrogen-bond donors (Lipinski definition) is 2. The normalized spacial score (nSPS) is 11.2. The van der Waals surface area contributed by atoms with Gasteiger partial charge in [0.15, 0.2) is 16.6 Å². The van der Waals surface area contributed by atoms with Crippen LogP contribution >= 0.6 is 12.2 Å². The second-order valence-electron chi connectivity index (χ2n) is 9.95. The average Bonchev–Trinajstić information content (AvgIpc) is 2.84. The van der Waals surface area contributed by atoms with Gasteiger partial charge in [0.05, 0.1) is 7.11 Å². The standard InChI is InChI=1S/C30H38N2O2S/c1-30(2,3)26-15-12-25(13-16-26)22-32(29(35)31-19-18-23-9-6-5-7-10-23)20-8-11-24-14-17-27(33)28(21-24)34-4/h5-7,9-10,12-17,21,33H,8,11,18-20,22H2,1-4H3,(H,31,35). The van der Waals surface area contributed by atoms with Crippen molar-refractivity contribution >= 4 is 17.3 Å². The van der Waals surface area contributed by atoms with E-state index < -0.39 is 0 Å². The first-order chi connectivity index (χ1) is 16.8. The minimum atomic E-state index is 0.137. The number of hydrogen-bond acceptors (Lipinski definition) is 3. The van der Waals surface area contributed by atoms with Crippen molar-refractivity contribution in [2.24, 2.45) is 0 Å². The number of phenols is 1. The van der Waals surface area contributed by atoms with Gasteiger partial charge in [-0.1, -0.05) is 81.4 Å². The Labute approximate surface area is 216 Å². The van der Waals surface area contributed by atoms with Crippen LogP contribution < -0.4 is 10.1 Å². The molecule has 0 aromatic heterocycles. The number of nitrogens with zero attached hydrogens (tertiary/aromatic N) is 1. The smallest absolute Gasteiger partial charge is 0.169 e. The van der Waals surface area contributed by atoms with Gasteiger partial charge in [0, 0.05) is 19.6 Å². The van der Waals surface area contributed by atoms with Crippen LogP contribution in [0.1, 0.15) is 49.4 Å². The first-order valence-electron chi connectivity index (χ1n) is 12.3. The molecule has 0 atom stereocenters. The fourth-order valence-corrected chi connectivity index (χ4v) is 4.26. The van der Waals surface area contributed by atoms with Crippen LogP contribution in [-0.2, 0) is 24.8 Å². The van der Waals surface area contributed by atoms with Gasteiger partial charge < -0.3 is 20.1 Å². The van der Waals surface area contributed by atoms with Crippen LogP contribution in [-0.4, -0.2) is 35.3 Å². The zero-order chi connectivity index (χ0) is 25.3. The lowest BCUT2D eigenvalue weighted by Gasteiger charge is -2.27. The molecular formula is C30H38N2O2S. The Balaban J connectivity index is 1.63. The topological polar surface area (TPSA) is 44.7 Å². The maximum Gasteiger partial charge on any atom is 0.169 e. The van der Waals surface area contributed by atoms with E-state index in [9.17, 15) is 5.11 Å². The van der Waals surface area contributed by atoms with Crippen LogP contribution in [0.4, 0.5) is 0 Å². The predicted octanol–water partition coefficient (Wildman–Crippen LogP) is 6.25. The SMILES string of the molecule is COc1cc(CCCN(Cc2ccc(C(C)(C)C)cc2)C(=S)NCCc2ccccc2)ccc1O. The maximum absolute atomic E-state index is 9.86. The monoisotopic (exact) mass is 490 g/mol. The fourth-order valence-electron chi connectivity index (χ4n) is 4.00. The van der Waals surface area contributed by atoms with Crippen molar-refractivity contribution < 1.29 is 9.84 Å². The summed E-state index contributed by atoms with van der Waals surface area (Å²) in [5, 5.41) is 14.1. The zero-order valence-electron chi connectivity index (χ0n) is 21.4. The molecule has 0 unspecified atom stereocenters. The summed E-state index contributed by atoms with van der Waals surface area (Å²) in [5.74, 6) is 0.678. The summed E-state index contributed by atoms with van der Waals surface area (Å²) in [6, 6.07) is 24.9. The van der Waals surface area contributed by atoms with Crippen LogP contribution in [0.2, 0.25) is 0 Å². The van der Waals surface area contributed by atoms with Gasteiger partial charge in [-0.05, 0) is 71.3 Å². The predicted molar refractivity (Wildman–Crippen MR) is 149 cm³/mol. The summed E-state index contributed by atoms with van der Waals surface area (Å²) >= 11 is 5.82.